The molecule has 0 aliphatic rings. The van der Waals surface area contributed by atoms with E-state index in [1.165, 1.54) is 0 Å². The molecule has 2 rings (SSSR count). The number of aromatic nitrogens is 1. The Morgan fingerprint density at radius 1 is 0.875 bits per heavy atom. The van der Waals surface area contributed by atoms with Crippen LogP contribution in [0.5, 0.6) is 0 Å². The summed E-state index contributed by atoms with van der Waals surface area (Å²) in [6.07, 6.45) is 8.45. The molecule has 0 bridgehead atoms. The number of hydrogen-bond acceptors (Lipinski definition) is 3. The van der Waals surface area contributed by atoms with E-state index >= 15 is 0 Å². The van der Waals surface area contributed by atoms with Gasteiger partial charge in [-0.25, -0.2) is 4.98 Å². The van der Waals surface area contributed by atoms with Crippen LogP contribution in [0, 0.1) is 0 Å². The quantitative estimate of drug-likeness (QED) is 0.588. The van der Waals surface area contributed by atoms with Crippen LogP contribution in [-0.4, -0.2) is 22.6 Å². The third kappa shape index (κ3) is 6.41. The molecule has 24 heavy (non-hydrogen) atoms. The summed E-state index contributed by atoms with van der Waals surface area (Å²) >= 11 is 0. The minimum atomic E-state index is -0.691. The third-order valence-electron chi connectivity index (χ3n) is 4.02. The minimum absolute atomic E-state index is 0.293. The first kappa shape index (κ1) is 18.0. The molecule has 0 unspecified atom stereocenters. The van der Waals surface area contributed by atoms with Gasteiger partial charge in [0.15, 0.2) is 0 Å². The van der Waals surface area contributed by atoms with Crippen LogP contribution in [0.2, 0.25) is 0 Å². The van der Waals surface area contributed by atoms with E-state index in [1.54, 1.807) is 0 Å². The van der Waals surface area contributed by atoms with Crippen molar-refractivity contribution in [1.82, 2.24) is 4.98 Å². The normalized spacial score (nSPS) is 10.5. The van der Waals surface area contributed by atoms with Crippen LogP contribution in [-0.2, 0) is 4.79 Å². The highest BCUT2D eigenvalue weighted by molar-refractivity contribution is 5.66. The Morgan fingerprint density at radius 2 is 1.54 bits per heavy atom. The lowest BCUT2D eigenvalue weighted by Crippen LogP contribution is -2.19. The fourth-order valence-electron chi connectivity index (χ4n) is 2.75. The monoisotopic (exact) mass is 326 g/mol. The number of carboxylic acids is 1. The average Bonchev–Trinajstić information content (AvgIpc) is 2.62. The van der Waals surface area contributed by atoms with Gasteiger partial charge in [-0.3, -0.25) is 4.79 Å². The number of unbranched alkanes of at least 4 members (excludes halogenated alkanes) is 5. The Balaban J connectivity index is 1.77. The second-order valence-corrected chi connectivity index (χ2v) is 5.94. The van der Waals surface area contributed by atoms with Gasteiger partial charge in [-0.1, -0.05) is 49.9 Å². The maximum Gasteiger partial charge on any atom is 0.303 e. The molecule has 0 saturated heterocycles. The Labute approximate surface area is 144 Å². The lowest BCUT2D eigenvalue weighted by atomic mass is 10.1. The van der Waals surface area contributed by atoms with E-state index in [-0.39, 0.29) is 0 Å². The molecule has 0 aliphatic heterocycles. The highest BCUT2D eigenvalue weighted by atomic mass is 16.4. The summed E-state index contributed by atoms with van der Waals surface area (Å²) in [6.45, 7) is 0.941. The molecule has 1 aromatic heterocycles. The molecule has 1 heterocycles. The van der Waals surface area contributed by atoms with Gasteiger partial charge in [0, 0.05) is 24.8 Å². The first-order valence-electron chi connectivity index (χ1n) is 8.73. The van der Waals surface area contributed by atoms with Crippen molar-refractivity contribution in [2.75, 3.05) is 11.4 Å². The van der Waals surface area contributed by atoms with Gasteiger partial charge < -0.3 is 10.0 Å². The van der Waals surface area contributed by atoms with Crippen LogP contribution in [0.3, 0.4) is 0 Å². The van der Waals surface area contributed by atoms with Gasteiger partial charge in [-0.15, -0.1) is 0 Å². The molecule has 4 nitrogen and oxygen atoms in total. The molecule has 0 atom stereocenters. The topological polar surface area (TPSA) is 53.4 Å². The maximum absolute atomic E-state index is 10.5. The summed E-state index contributed by atoms with van der Waals surface area (Å²) in [7, 11) is 0. The Hall–Kier alpha value is -2.36. The molecule has 2 aromatic rings. The molecular weight excluding hydrogens is 300 g/mol. The van der Waals surface area contributed by atoms with Crippen molar-refractivity contribution in [2.45, 2.75) is 44.9 Å². The molecule has 0 aliphatic carbocycles. The molecule has 0 saturated carbocycles. The summed E-state index contributed by atoms with van der Waals surface area (Å²) in [5.41, 5.74) is 1.16. The lowest BCUT2D eigenvalue weighted by Gasteiger charge is -2.23. The average molecular weight is 326 g/mol. The second-order valence-electron chi connectivity index (χ2n) is 5.94. The number of benzene rings is 1. The summed E-state index contributed by atoms with van der Waals surface area (Å²) < 4.78 is 0. The van der Waals surface area contributed by atoms with Crippen molar-refractivity contribution in [2.24, 2.45) is 0 Å². The van der Waals surface area contributed by atoms with E-state index in [2.05, 4.69) is 22.0 Å². The number of rotatable bonds is 11. The van der Waals surface area contributed by atoms with Crippen LogP contribution in [0.15, 0.2) is 54.7 Å². The van der Waals surface area contributed by atoms with E-state index in [0.29, 0.717) is 6.42 Å². The summed E-state index contributed by atoms with van der Waals surface area (Å²) in [5.74, 6) is 0.286. The smallest absolute Gasteiger partial charge is 0.303 e. The molecule has 0 spiro atoms. The van der Waals surface area contributed by atoms with Gasteiger partial charge in [-0.05, 0) is 37.1 Å². The number of carbonyl (C=O) groups is 1. The zero-order valence-electron chi connectivity index (χ0n) is 14.1. The van der Waals surface area contributed by atoms with E-state index in [0.717, 1.165) is 56.6 Å². The summed E-state index contributed by atoms with van der Waals surface area (Å²) in [4.78, 5) is 17.2. The SMILES string of the molecule is O=C(O)CCCCCCCCN(c1ccccc1)c1ccccn1. The maximum atomic E-state index is 10.5. The Kier molecular flexibility index (Phi) is 7.81. The number of anilines is 2. The predicted octanol–water partition coefficient (Wildman–Crippen LogP) is 5.04. The van der Waals surface area contributed by atoms with Crippen molar-refractivity contribution >= 4 is 17.5 Å². The zero-order chi connectivity index (χ0) is 17.0. The van der Waals surface area contributed by atoms with Crippen molar-refractivity contribution in [3.63, 3.8) is 0 Å². The standard InChI is InChI=1S/C20H26N2O2/c23-20(24)15-8-3-1-2-4-11-17-22(18-12-6-5-7-13-18)19-14-9-10-16-21-19/h5-7,9-10,12-14,16H,1-4,8,11,15,17H2,(H,23,24). The van der Waals surface area contributed by atoms with Gasteiger partial charge in [0.2, 0.25) is 0 Å². The highest BCUT2D eigenvalue weighted by Crippen LogP contribution is 2.23. The number of carboxylic acid groups (broad SMARTS) is 1. The number of para-hydroxylation sites is 1. The molecular formula is C20H26N2O2. The van der Waals surface area contributed by atoms with E-state index in [1.807, 2.05) is 42.6 Å². The molecule has 0 amide bonds. The number of hydrogen-bond donors (Lipinski definition) is 1. The Bertz CT molecular complexity index is 548. The molecule has 1 aromatic carbocycles. The lowest BCUT2D eigenvalue weighted by molar-refractivity contribution is -0.137. The Morgan fingerprint density at radius 3 is 2.21 bits per heavy atom. The minimum Gasteiger partial charge on any atom is -0.481 e. The fraction of sp³-hybridized carbons (Fsp3) is 0.400. The highest BCUT2D eigenvalue weighted by Gasteiger charge is 2.09. The van der Waals surface area contributed by atoms with Crippen molar-refractivity contribution in [1.29, 1.82) is 0 Å². The first-order chi connectivity index (χ1) is 11.8. The van der Waals surface area contributed by atoms with Crippen LogP contribution in [0.1, 0.15) is 44.9 Å². The molecule has 0 radical (unpaired) electrons. The largest absolute Gasteiger partial charge is 0.481 e. The van der Waals surface area contributed by atoms with Crippen LogP contribution in [0.25, 0.3) is 0 Å². The van der Waals surface area contributed by atoms with Crippen molar-refractivity contribution in [3.8, 4) is 0 Å². The van der Waals surface area contributed by atoms with Crippen molar-refractivity contribution in [3.05, 3.63) is 54.7 Å². The zero-order valence-corrected chi connectivity index (χ0v) is 14.1. The second kappa shape index (κ2) is 10.4. The van der Waals surface area contributed by atoms with E-state index in [4.69, 9.17) is 5.11 Å². The van der Waals surface area contributed by atoms with Gasteiger partial charge in [0.25, 0.3) is 0 Å². The van der Waals surface area contributed by atoms with Crippen molar-refractivity contribution < 1.29 is 9.90 Å². The van der Waals surface area contributed by atoms with Gasteiger partial charge in [0.05, 0.1) is 0 Å². The van der Waals surface area contributed by atoms with E-state index in [9.17, 15) is 4.79 Å². The third-order valence-corrected chi connectivity index (χ3v) is 4.02. The van der Waals surface area contributed by atoms with Gasteiger partial charge in [0.1, 0.15) is 5.82 Å². The van der Waals surface area contributed by atoms with Crippen LogP contribution < -0.4 is 4.90 Å². The molecule has 128 valence electrons. The molecule has 4 heteroatoms. The molecule has 0 fully saturated rings. The van der Waals surface area contributed by atoms with Crippen LogP contribution >= 0.6 is 0 Å². The predicted molar refractivity (Wildman–Crippen MR) is 97.6 cm³/mol. The summed E-state index contributed by atoms with van der Waals surface area (Å²) in [5, 5.41) is 8.62. The van der Waals surface area contributed by atoms with E-state index < -0.39 is 5.97 Å². The fourth-order valence-corrected chi connectivity index (χ4v) is 2.75. The summed E-state index contributed by atoms with van der Waals surface area (Å²) in [6, 6.07) is 16.3. The van der Waals surface area contributed by atoms with Gasteiger partial charge >= 0.3 is 5.97 Å². The molecule has 1 N–H and O–H groups in total. The number of aliphatic carboxylic acids is 1. The first-order valence-corrected chi connectivity index (χ1v) is 8.73. The number of pyridine rings is 1. The number of nitrogens with zero attached hydrogens (tertiary/aromatic N) is 2. The van der Waals surface area contributed by atoms with Gasteiger partial charge in [-0.2, -0.15) is 0 Å². The van der Waals surface area contributed by atoms with Crippen LogP contribution in [0.4, 0.5) is 11.5 Å².